The minimum Gasteiger partial charge on any atom is -0.508 e. The highest BCUT2D eigenvalue weighted by Gasteiger charge is 2.00. The lowest BCUT2D eigenvalue weighted by molar-refractivity contribution is 0.270. The number of hydrogen-bond donors (Lipinski definition) is 5. The largest absolute Gasteiger partial charge is 0.508 e. The molecule has 0 saturated heterocycles. The molecule has 8 N–H and O–H groups in total. The Morgan fingerprint density at radius 3 is 2.32 bits per heavy atom. The molecule has 2 rings (SSSR count). The molecule has 19 heavy (non-hydrogen) atoms. The predicted octanol–water partition coefficient (Wildman–Crippen LogP) is 0.323. The molecule has 1 heterocycles. The molecule has 0 aliphatic rings. The molecule has 0 amide bonds. The zero-order valence-electron chi connectivity index (χ0n) is 10.7. The van der Waals surface area contributed by atoms with E-state index in [1.807, 2.05) is 6.92 Å². The summed E-state index contributed by atoms with van der Waals surface area (Å²) in [6.07, 6.45) is 1.46. The molecule has 0 bridgehead atoms. The Hall–Kier alpha value is -2.41. The van der Waals surface area contributed by atoms with E-state index in [1.165, 1.54) is 10.9 Å². The molecular formula is C12H19N5O2. The van der Waals surface area contributed by atoms with Crippen molar-refractivity contribution >= 4 is 17.2 Å². The number of aliphatic hydroxyl groups excluding tert-OH is 1. The van der Waals surface area contributed by atoms with E-state index in [9.17, 15) is 0 Å². The fourth-order valence-corrected chi connectivity index (χ4v) is 1.34. The first-order valence-electron chi connectivity index (χ1n) is 5.68. The van der Waals surface area contributed by atoms with Crippen LogP contribution in [0.5, 0.6) is 5.75 Å². The zero-order chi connectivity index (χ0) is 14.4. The molecule has 0 radical (unpaired) electrons. The van der Waals surface area contributed by atoms with Crippen molar-refractivity contribution in [2.45, 2.75) is 13.5 Å². The van der Waals surface area contributed by atoms with E-state index in [2.05, 4.69) is 5.10 Å². The summed E-state index contributed by atoms with van der Waals surface area (Å²) in [6, 6.07) is 4.89. The van der Waals surface area contributed by atoms with Crippen molar-refractivity contribution in [2.24, 2.45) is 0 Å². The molecule has 7 heteroatoms. The van der Waals surface area contributed by atoms with Gasteiger partial charge in [0.1, 0.15) is 11.6 Å². The van der Waals surface area contributed by atoms with Crippen molar-refractivity contribution in [3.05, 3.63) is 30.0 Å². The van der Waals surface area contributed by atoms with Crippen molar-refractivity contribution in [1.82, 2.24) is 9.78 Å². The molecule has 0 saturated carbocycles. The average Bonchev–Trinajstić information content (AvgIpc) is 2.68. The van der Waals surface area contributed by atoms with Crippen LogP contribution in [0, 0.1) is 6.92 Å². The Balaban J connectivity index is 0.000000191. The number of aromatic nitrogens is 2. The number of nitrogens with two attached hydrogens (primary N) is 3. The Kier molecular flexibility index (Phi) is 5.01. The molecule has 2 aromatic rings. The predicted molar refractivity (Wildman–Crippen MR) is 75.4 cm³/mol. The fourth-order valence-electron chi connectivity index (χ4n) is 1.34. The highest BCUT2D eigenvalue weighted by molar-refractivity contribution is 5.56. The van der Waals surface area contributed by atoms with Crippen LogP contribution < -0.4 is 17.2 Å². The molecule has 7 nitrogen and oxygen atoms in total. The van der Waals surface area contributed by atoms with E-state index in [4.69, 9.17) is 27.4 Å². The third kappa shape index (κ3) is 4.07. The Labute approximate surface area is 111 Å². The molecule has 0 spiro atoms. The number of hydrogen-bond acceptors (Lipinski definition) is 6. The van der Waals surface area contributed by atoms with Gasteiger partial charge in [-0.05, 0) is 30.7 Å². The highest BCUT2D eigenvalue weighted by atomic mass is 16.3. The van der Waals surface area contributed by atoms with Gasteiger partial charge in [0.15, 0.2) is 0 Å². The second kappa shape index (κ2) is 6.50. The number of phenols is 1. The quantitative estimate of drug-likeness (QED) is 0.392. The number of aryl methyl sites for hydroxylation is 1. The molecule has 1 aromatic heterocycles. The van der Waals surface area contributed by atoms with Crippen LogP contribution in [0.15, 0.2) is 24.4 Å². The molecule has 0 unspecified atom stereocenters. The maximum Gasteiger partial charge on any atom is 0.145 e. The number of aliphatic hydroxyl groups is 1. The SMILES string of the molecule is Cc1cc(O)ccc1N.Nc1cnn(CCO)c1N. The van der Waals surface area contributed by atoms with Crippen LogP contribution in [-0.2, 0) is 6.54 Å². The summed E-state index contributed by atoms with van der Waals surface area (Å²) < 4.78 is 1.45. The Morgan fingerprint density at radius 1 is 1.21 bits per heavy atom. The van der Waals surface area contributed by atoms with Crippen molar-refractivity contribution in [3.63, 3.8) is 0 Å². The van der Waals surface area contributed by atoms with Gasteiger partial charge < -0.3 is 27.4 Å². The smallest absolute Gasteiger partial charge is 0.145 e. The summed E-state index contributed by atoms with van der Waals surface area (Å²) in [6.45, 7) is 2.27. The van der Waals surface area contributed by atoms with Gasteiger partial charge in [0.25, 0.3) is 0 Å². The molecule has 0 fully saturated rings. The fraction of sp³-hybridized carbons (Fsp3) is 0.250. The summed E-state index contributed by atoms with van der Waals surface area (Å²) in [5, 5.41) is 21.2. The van der Waals surface area contributed by atoms with Crippen molar-refractivity contribution < 1.29 is 10.2 Å². The van der Waals surface area contributed by atoms with Crippen molar-refractivity contribution in [3.8, 4) is 5.75 Å². The molecule has 1 aromatic carbocycles. The van der Waals surface area contributed by atoms with Gasteiger partial charge in [0.2, 0.25) is 0 Å². The van der Waals surface area contributed by atoms with E-state index in [1.54, 1.807) is 18.2 Å². The van der Waals surface area contributed by atoms with Crippen LogP contribution in [-0.4, -0.2) is 26.6 Å². The summed E-state index contributed by atoms with van der Waals surface area (Å²) in [7, 11) is 0. The van der Waals surface area contributed by atoms with Crippen LogP contribution in [0.4, 0.5) is 17.2 Å². The summed E-state index contributed by atoms with van der Waals surface area (Å²) in [4.78, 5) is 0. The summed E-state index contributed by atoms with van der Waals surface area (Å²) >= 11 is 0. The van der Waals surface area contributed by atoms with Crippen LogP contribution in [0.2, 0.25) is 0 Å². The molecule has 0 atom stereocenters. The lowest BCUT2D eigenvalue weighted by Gasteiger charge is -1.99. The lowest BCUT2D eigenvalue weighted by Crippen LogP contribution is -2.07. The van der Waals surface area contributed by atoms with E-state index in [0.29, 0.717) is 23.7 Å². The molecular weight excluding hydrogens is 246 g/mol. The molecule has 104 valence electrons. The minimum atomic E-state index is 0.0192. The monoisotopic (exact) mass is 265 g/mol. The van der Waals surface area contributed by atoms with Gasteiger partial charge in [-0.25, -0.2) is 4.68 Å². The topological polar surface area (TPSA) is 136 Å². The van der Waals surface area contributed by atoms with Crippen molar-refractivity contribution in [2.75, 3.05) is 23.8 Å². The number of nitrogens with zero attached hydrogens (tertiary/aromatic N) is 2. The second-order valence-electron chi connectivity index (χ2n) is 3.97. The summed E-state index contributed by atoms with van der Waals surface area (Å²) in [5.74, 6) is 0.677. The molecule has 0 aliphatic heterocycles. The molecule has 0 aliphatic carbocycles. The van der Waals surface area contributed by atoms with Crippen LogP contribution in [0.3, 0.4) is 0 Å². The number of aromatic hydroxyl groups is 1. The van der Waals surface area contributed by atoms with Gasteiger partial charge in [0, 0.05) is 5.69 Å². The zero-order valence-corrected chi connectivity index (χ0v) is 10.7. The van der Waals surface area contributed by atoms with Crippen LogP contribution >= 0.6 is 0 Å². The van der Waals surface area contributed by atoms with Gasteiger partial charge in [-0.1, -0.05) is 0 Å². The number of nitrogen functional groups attached to an aromatic ring is 3. The third-order valence-corrected chi connectivity index (χ3v) is 2.48. The average molecular weight is 265 g/mol. The lowest BCUT2D eigenvalue weighted by atomic mass is 10.2. The minimum absolute atomic E-state index is 0.0192. The van der Waals surface area contributed by atoms with E-state index in [-0.39, 0.29) is 12.4 Å². The van der Waals surface area contributed by atoms with E-state index in [0.717, 1.165) is 5.56 Å². The maximum absolute atomic E-state index is 8.88. The van der Waals surface area contributed by atoms with Crippen LogP contribution in [0.25, 0.3) is 0 Å². The van der Waals surface area contributed by atoms with Crippen molar-refractivity contribution in [1.29, 1.82) is 0 Å². The first-order chi connectivity index (χ1) is 8.95. The number of rotatable bonds is 2. The van der Waals surface area contributed by atoms with Gasteiger partial charge >= 0.3 is 0 Å². The van der Waals surface area contributed by atoms with Crippen LogP contribution in [0.1, 0.15) is 5.56 Å². The summed E-state index contributed by atoms with van der Waals surface area (Å²) in [5.41, 5.74) is 18.4. The third-order valence-electron chi connectivity index (χ3n) is 2.48. The number of phenolic OH excluding ortho intramolecular Hbond substituents is 1. The second-order valence-corrected chi connectivity index (χ2v) is 3.97. The normalized spacial score (nSPS) is 9.79. The maximum atomic E-state index is 8.88. The highest BCUT2D eigenvalue weighted by Crippen LogP contribution is 2.16. The first kappa shape index (κ1) is 14.7. The van der Waals surface area contributed by atoms with Gasteiger partial charge in [-0.3, -0.25) is 0 Å². The number of anilines is 3. The Morgan fingerprint density at radius 2 is 1.89 bits per heavy atom. The first-order valence-corrected chi connectivity index (χ1v) is 5.68. The standard InChI is InChI=1S/C7H9NO.C5H10N4O/c1-5-4-6(9)2-3-7(5)8;6-4-3-8-9(1-2-10)5(4)7/h2-4,9H,8H2,1H3;3,10H,1-2,6-7H2. The van der Waals surface area contributed by atoms with E-state index < -0.39 is 0 Å². The van der Waals surface area contributed by atoms with Gasteiger partial charge in [0.05, 0.1) is 25.0 Å². The van der Waals surface area contributed by atoms with Gasteiger partial charge in [-0.15, -0.1) is 0 Å². The van der Waals surface area contributed by atoms with Gasteiger partial charge in [-0.2, -0.15) is 5.10 Å². The van der Waals surface area contributed by atoms with E-state index >= 15 is 0 Å². The number of benzene rings is 1. The Bertz CT molecular complexity index is 539.